The number of carbonyl (C=O) groups is 1. The number of hydrogen-bond acceptors (Lipinski definition) is 4. The summed E-state index contributed by atoms with van der Waals surface area (Å²) in [5.74, 6) is -3.64. The molecule has 0 atom stereocenters. The Morgan fingerprint density at radius 2 is 2.05 bits per heavy atom. The molecule has 0 saturated carbocycles. The topological polar surface area (TPSA) is 87.2 Å². The Bertz CT molecular complexity index is 584. The molecule has 0 saturated heterocycles. The predicted molar refractivity (Wildman–Crippen MR) is 64.8 cm³/mol. The summed E-state index contributed by atoms with van der Waals surface area (Å²) in [5, 5.41) is 19.4. The van der Waals surface area contributed by atoms with E-state index in [0.29, 0.717) is 18.6 Å². The minimum absolute atomic E-state index is 0.183. The third kappa shape index (κ3) is 3.26. The van der Waals surface area contributed by atoms with Gasteiger partial charge in [-0.05, 0) is 12.5 Å². The fourth-order valence-electron chi connectivity index (χ4n) is 1.64. The first-order valence-electron chi connectivity index (χ1n) is 5.72. The van der Waals surface area contributed by atoms with Crippen molar-refractivity contribution in [1.29, 1.82) is 5.26 Å². The number of nitriles is 1. The minimum atomic E-state index is -1.41. The van der Waals surface area contributed by atoms with Crippen molar-refractivity contribution in [2.45, 2.75) is 13.3 Å². The summed E-state index contributed by atoms with van der Waals surface area (Å²) in [6.07, 6.45) is 0.519. The molecule has 0 aromatic heterocycles. The number of nitrogens with zero attached hydrogens (tertiary/aromatic N) is 3. The zero-order chi connectivity index (χ0) is 15.3. The summed E-state index contributed by atoms with van der Waals surface area (Å²) in [4.78, 5) is 23.0. The van der Waals surface area contributed by atoms with Crippen LogP contribution in [-0.4, -0.2) is 28.8 Å². The Morgan fingerprint density at radius 3 is 2.55 bits per heavy atom. The highest BCUT2D eigenvalue weighted by Gasteiger charge is 2.27. The van der Waals surface area contributed by atoms with E-state index < -0.39 is 33.7 Å². The third-order valence-electron chi connectivity index (χ3n) is 2.51. The molecule has 6 nitrogen and oxygen atoms in total. The molecular weight excluding hydrogens is 272 g/mol. The van der Waals surface area contributed by atoms with E-state index in [9.17, 15) is 23.7 Å². The van der Waals surface area contributed by atoms with Gasteiger partial charge in [-0.15, -0.1) is 0 Å². The number of carbonyl (C=O) groups excluding carboxylic acids is 1. The molecule has 106 valence electrons. The van der Waals surface area contributed by atoms with Crippen LogP contribution in [0.25, 0.3) is 0 Å². The van der Waals surface area contributed by atoms with E-state index in [1.54, 1.807) is 13.0 Å². The van der Waals surface area contributed by atoms with Gasteiger partial charge in [-0.1, -0.05) is 6.92 Å². The second-order valence-electron chi connectivity index (χ2n) is 3.93. The molecule has 0 spiro atoms. The van der Waals surface area contributed by atoms with E-state index in [-0.39, 0.29) is 13.1 Å². The summed E-state index contributed by atoms with van der Waals surface area (Å²) in [6.45, 7) is 1.64. The lowest BCUT2D eigenvalue weighted by molar-refractivity contribution is -0.385. The van der Waals surface area contributed by atoms with Crippen LogP contribution < -0.4 is 0 Å². The molecule has 0 N–H and O–H groups in total. The molecule has 8 heteroatoms. The molecule has 0 fully saturated rings. The second kappa shape index (κ2) is 6.56. The van der Waals surface area contributed by atoms with Crippen molar-refractivity contribution in [3.8, 4) is 6.07 Å². The van der Waals surface area contributed by atoms with Crippen LogP contribution in [0.4, 0.5) is 14.5 Å². The molecule has 0 unspecified atom stereocenters. The largest absolute Gasteiger partial charge is 0.325 e. The molecule has 0 radical (unpaired) electrons. The molecule has 0 aliphatic carbocycles. The first-order valence-corrected chi connectivity index (χ1v) is 5.72. The highest BCUT2D eigenvalue weighted by atomic mass is 19.2. The van der Waals surface area contributed by atoms with E-state index in [2.05, 4.69) is 0 Å². The maximum Gasteiger partial charge on any atom is 0.285 e. The van der Waals surface area contributed by atoms with Gasteiger partial charge < -0.3 is 4.90 Å². The van der Waals surface area contributed by atoms with Crippen LogP contribution in [0.2, 0.25) is 0 Å². The van der Waals surface area contributed by atoms with E-state index in [1.807, 2.05) is 0 Å². The molecular formula is C12H11F2N3O3. The van der Waals surface area contributed by atoms with Gasteiger partial charge >= 0.3 is 0 Å². The quantitative estimate of drug-likeness (QED) is 0.471. The highest BCUT2D eigenvalue weighted by Crippen LogP contribution is 2.23. The lowest BCUT2D eigenvalue weighted by Gasteiger charge is -2.18. The van der Waals surface area contributed by atoms with Crippen molar-refractivity contribution in [3.05, 3.63) is 39.4 Å². The standard InChI is InChI=1S/C12H11F2N3O3/c1-2-4-16(5-3-15)12(18)8-6-9(13)10(14)7-11(8)17(19)20/h6-7H,2,4-5H2,1H3. The average molecular weight is 283 g/mol. The van der Waals surface area contributed by atoms with Gasteiger partial charge in [0.1, 0.15) is 12.1 Å². The van der Waals surface area contributed by atoms with E-state index in [4.69, 9.17) is 5.26 Å². The zero-order valence-corrected chi connectivity index (χ0v) is 10.6. The summed E-state index contributed by atoms with van der Waals surface area (Å²) in [5.41, 5.74) is -1.40. The van der Waals surface area contributed by atoms with Gasteiger partial charge in [0.25, 0.3) is 11.6 Å². The van der Waals surface area contributed by atoms with Gasteiger partial charge in [0.05, 0.1) is 17.1 Å². The summed E-state index contributed by atoms with van der Waals surface area (Å²) >= 11 is 0. The van der Waals surface area contributed by atoms with Gasteiger partial charge in [-0.3, -0.25) is 14.9 Å². The molecule has 1 rings (SSSR count). The van der Waals surface area contributed by atoms with Crippen LogP contribution >= 0.6 is 0 Å². The van der Waals surface area contributed by atoms with Gasteiger partial charge in [-0.25, -0.2) is 8.78 Å². The molecule has 1 aromatic rings. The summed E-state index contributed by atoms with van der Waals surface area (Å²) in [6, 6.07) is 2.59. The summed E-state index contributed by atoms with van der Waals surface area (Å²) in [7, 11) is 0. The molecule has 1 amide bonds. The maximum absolute atomic E-state index is 13.2. The van der Waals surface area contributed by atoms with Crippen molar-refractivity contribution in [2.24, 2.45) is 0 Å². The van der Waals surface area contributed by atoms with E-state index in [1.165, 1.54) is 0 Å². The SMILES string of the molecule is CCCN(CC#N)C(=O)c1cc(F)c(F)cc1[N+](=O)[O-]. The fourth-order valence-corrected chi connectivity index (χ4v) is 1.64. The number of halogens is 2. The van der Waals surface area contributed by atoms with Gasteiger partial charge in [0.2, 0.25) is 0 Å². The Labute approximate surface area is 113 Å². The summed E-state index contributed by atoms with van der Waals surface area (Å²) < 4.78 is 26.2. The monoisotopic (exact) mass is 283 g/mol. The van der Waals surface area contributed by atoms with Gasteiger partial charge in [0, 0.05) is 6.54 Å². The maximum atomic E-state index is 13.2. The molecule has 20 heavy (non-hydrogen) atoms. The number of rotatable bonds is 5. The number of nitro groups is 1. The lowest BCUT2D eigenvalue weighted by Crippen LogP contribution is -2.32. The van der Waals surface area contributed by atoms with E-state index in [0.717, 1.165) is 4.90 Å². The third-order valence-corrected chi connectivity index (χ3v) is 2.51. The number of hydrogen-bond donors (Lipinski definition) is 0. The fraction of sp³-hybridized carbons (Fsp3) is 0.333. The molecule has 0 heterocycles. The molecule has 0 aliphatic heterocycles. The van der Waals surface area contributed by atoms with Crippen LogP contribution in [0.1, 0.15) is 23.7 Å². The lowest BCUT2D eigenvalue weighted by atomic mass is 10.1. The molecule has 0 bridgehead atoms. The highest BCUT2D eigenvalue weighted by molar-refractivity contribution is 5.98. The van der Waals surface area contributed by atoms with Crippen LogP contribution in [0.5, 0.6) is 0 Å². The van der Waals surface area contributed by atoms with Crippen LogP contribution in [0.3, 0.4) is 0 Å². The Kier molecular flexibility index (Phi) is 5.08. The van der Waals surface area contributed by atoms with Crippen molar-refractivity contribution in [1.82, 2.24) is 4.90 Å². The second-order valence-corrected chi connectivity index (χ2v) is 3.93. The van der Waals surface area contributed by atoms with Crippen LogP contribution in [-0.2, 0) is 0 Å². The minimum Gasteiger partial charge on any atom is -0.325 e. The number of nitro benzene ring substituents is 1. The number of amides is 1. The van der Waals surface area contributed by atoms with Gasteiger partial charge in [-0.2, -0.15) is 5.26 Å². The normalized spacial score (nSPS) is 9.90. The smallest absolute Gasteiger partial charge is 0.285 e. The Morgan fingerprint density at radius 1 is 1.45 bits per heavy atom. The molecule has 1 aromatic carbocycles. The predicted octanol–water partition coefficient (Wildman–Crippen LogP) is 2.25. The van der Waals surface area contributed by atoms with E-state index >= 15 is 0 Å². The van der Waals surface area contributed by atoms with Crippen molar-refractivity contribution >= 4 is 11.6 Å². The Hall–Kier alpha value is -2.56. The van der Waals surface area contributed by atoms with Gasteiger partial charge in [0.15, 0.2) is 11.6 Å². The van der Waals surface area contributed by atoms with Crippen LogP contribution in [0.15, 0.2) is 12.1 Å². The zero-order valence-electron chi connectivity index (χ0n) is 10.6. The first kappa shape index (κ1) is 15.5. The molecule has 0 aliphatic rings. The number of benzene rings is 1. The van der Waals surface area contributed by atoms with Crippen molar-refractivity contribution in [2.75, 3.05) is 13.1 Å². The Balaban J connectivity index is 3.29. The van der Waals surface area contributed by atoms with Crippen molar-refractivity contribution in [3.63, 3.8) is 0 Å². The van der Waals surface area contributed by atoms with Crippen LogP contribution in [0, 0.1) is 33.1 Å². The first-order chi connectivity index (χ1) is 9.42. The van der Waals surface area contributed by atoms with Crippen molar-refractivity contribution < 1.29 is 18.5 Å². The average Bonchev–Trinajstić information content (AvgIpc) is 2.40.